The van der Waals surface area contributed by atoms with Crippen LogP contribution in [0.4, 0.5) is 0 Å². The molecule has 0 amide bonds. The third-order valence-electron chi connectivity index (χ3n) is 4.13. The highest BCUT2D eigenvalue weighted by Gasteiger charge is 2.24. The Balaban J connectivity index is 2.20. The predicted molar refractivity (Wildman–Crippen MR) is 86.3 cm³/mol. The number of aromatic nitrogens is 1. The molecule has 102 valence electrons. The average molecular weight is 263 g/mol. The van der Waals surface area contributed by atoms with Crippen molar-refractivity contribution in [2.45, 2.75) is 33.2 Å². The maximum absolute atomic E-state index is 2.37. The summed E-state index contributed by atoms with van der Waals surface area (Å²) in [7, 11) is 0. The van der Waals surface area contributed by atoms with Gasteiger partial charge in [0, 0.05) is 11.7 Å². The van der Waals surface area contributed by atoms with E-state index in [2.05, 4.69) is 87.0 Å². The minimum atomic E-state index is -0.0557. The van der Waals surface area contributed by atoms with Crippen molar-refractivity contribution >= 4 is 10.9 Å². The van der Waals surface area contributed by atoms with Crippen LogP contribution in [0.25, 0.3) is 10.9 Å². The number of para-hydroxylation sites is 1. The summed E-state index contributed by atoms with van der Waals surface area (Å²) in [5, 5.41) is 1.30. The first-order chi connectivity index (χ1) is 9.48. The Bertz CT molecular complexity index is 742. The number of rotatable bonds is 2. The van der Waals surface area contributed by atoms with Crippen molar-refractivity contribution in [2.75, 3.05) is 0 Å². The monoisotopic (exact) mass is 263 g/mol. The molecule has 3 aromatic rings. The molecule has 2 aromatic carbocycles. The van der Waals surface area contributed by atoms with E-state index in [4.69, 9.17) is 0 Å². The van der Waals surface area contributed by atoms with Gasteiger partial charge in [-0.2, -0.15) is 0 Å². The Morgan fingerprint density at radius 1 is 0.850 bits per heavy atom. The fourth-order valence-corrected chi connectivity index (χ4v) is 3.04. The molecule has 0 atom stereocenters. The SMILES string of the molecule is Cc1cc(C)cc(C(C)(C)n2ccc3ccccc32)c1. The van der Waals surface area contributed by atoms with E-state index in [-0.39, 0.29) is 5.54 Å². The van der Waals surface area contributed by atoms with Crippen LogP contribution in [0.15, 0.2) is 54.7 Å². The van der Waals surface area contributed by atoms with Crippen LogP contribution in [-0.2, 0) is 5.54 Å². The molecule has 0 unspecified atom stereocenters. The van der Waals surface area contributed by atoms with Crippen molar-refractivity contribution in [3.05, 3.63) is 71.4 Å². The quantitative estimate of drug-likeness (QED) is 0.610. The van der Waals surface area contributed by atoms with Gasteiger partial charge in [0.25, 0.3) is 0 Å². The molecule has 0 aliphatic rings. The van der Waals surface area contributed by atoms with Gasteiger partial charge in [-0.25, -0.2) is 0 Å². The molecule has 1 nitrogen and oxygen atoms in total. The summed E-state index contributed by atoms with van der Waals surface area (Å²) in [6.07, 6.45) is 2.20. The summed E-state index contributed by atoms with van der Waals surface area (Å²) in [6, 6.07) is 17.6. The highest BCUT2D eigenvalue weighted by atomic mass is 15.0. The van der Waals surface area contributed by atoms with Crippen LogP contribution < -0.4 is 0 Å². The van der Waals surface area contributed by atoms with E-state index in [1.807, 2.05) is 0 Å². The summed E-state index contributed by atoms with van der Waals surface area (Å²) in [5.41, 5.74) is 5.24. The lowest BCUT2D eigenvalue weighted by Crippen LogP contribution is -2.27. The van der Waals surface area contributed by atoms with Gasteiger partial charge < -0.3 is 4.57 Å². The fourth-order valence-electron chi connectivity index (χ4n) is 3.04. The number of hydrogen-bond donors (Lipinski definition) is 0. The number of benzene rings is 2. The van der Waals surface area contributed by atoms with E-state index >= 15 is 0 Å². The Morgan fingerprint density at radius 2 is 1.50 bits per heavy atom. The third kappa shape index (κ3) is 2.03. The Morgan fingerprint density at radius 3 is 2.20 bits per heavy atom. The van der Waals surface area contributed by atoms with E-state index in [1.54, 1.807) is 0 Å². The highest BCUT2D eigenvalue weighted by Crippen LogP contribution is 2.31. The second kappa shape index (κ2) is 4.52. The molecule has 3 rings (SSSR count). The standard InChI is InChI=1S/C19H21N/c1-14-11-15(2)13-17(12-14)19(3,4)20-10-9-16-7-5-6-8-18(16)20/h5-13H,1-4H3. The minimum absolute atomic E-state index is 0.0557. The lowest BCUT2D eigenvalue weighted by Gasteiger charge is -2.29. The van der Waals surface area contributed by atoms with E-state index < -0.39 is 0 Å². The van der Waals surface area contributed by atoms with Crippen molar-refractivity contribution in [1.82, 2.24) is 4.57 Å². The van der Waals surface area contributed by atoms with Crippen molar-refractivity contribution in [1.29, 1.82) is 0 Å². The molecule has 0 bridgehead atoms. The number of aryl methyl sites for hydroxylation is 2. The van der Waals surface area contributed by atoms with Crippen molar-refractivity contribution in [2.24, 2.45) is 0 Å². The number of fused-ring (bicyclic) bond motifs is 1. The summed E-state index contributed by atoms with van der Waals surface area (Å²) in [6.45, 7) is 8.90. The second-order valence-electron chi connectivity index (χ2n) is 6.18. The summed E-state index contributed by atoms with van der Waals surface area (Å²) in [5.74, 6) is 0. The van der Waals surface area contributed by atoms with Crippen LogP contribution in [0.5, 0.6) is 0 Å². The van der Waals surface area contributed by atoms with Gasteiger partial charge in [0.1, 0.15) is 0 Å². The Labute approximate surface area is 120 Å². The molecule has 0 aliphatic heterocycles. The zero-order valence-corrected chi connectivity index (χ0v) is 12.6. The molecule has 0 saturated heterocycles. The predicted octanol–water partition coefficient (Wildman–Crippen LogP) is 5.04. The first-order valence-corrected chi connectivity index (χ1v) is 7.14. The van der Waals surface area contributed by atoms with E-state index in [1.165, 1.54) is 27.6 Å². The van der Waals surface area contributed by atoms with Gasteiger partial charge in [-0.3, -0.25) is 0 Å². The van der Waals surface area contributed by atoms with Gasteiger partial charge >= 0.3 is 0 Å². The average Bonchev–Trinajstić information content (AvgIpc) is 2.82. The number of nitrogens with zero attached hydrogens (tertiary/aromatic N) is 1. The lowest BCUT2D eigenvalue weighted by molar-refractivity contribution is 0.451. The van der Waals surface area contributed by atoms with Crippen molar-refractivity contribution < 1.29 is 0 Å². The van der Waals surface area contributed by atoms with Gasteiger partial charge in [0.2, 0.25) is 0 Å². The largest absolute Gasteiger partial charge is 0.338 e. The van der Waals surface area contributed by atoms with Crippen LogP contribution in [0.2, 0.25) is 0 Å². The maximum atomic E-state index is 2.37. The molecule has 0 radical (unpaired) electrons. The maximum Gasteiger partial charge on any atom is 0.0640 e. The van der Waals surface area contributed by atoms with Crippen molar-refractivity contribution in [3.8, 4) is 0 Å². The second-order valence-corrected chi connectivity index (χ2v) is 6.18. The van der Waals surface area contributed by atoms with Crippen LogP contribution in [0.3, 0.4) is 0 Å². The molecule has 1 aromatic heterocycles. The topological polar surface area (TPSA) is 4.93 Å². The molecule has 0 aliphatic carbocycles. The zero-order chi connectivity index (χ0) is 14.3. The van der Waals surface area contributed by atoms with E-state index in [0.29, 0.717) is 0 Å². The summed E-state index contributed by atoms with van der Waals surface area (Å²) < 4.78 is 2.37. The van der Waals surface area contributed by atoms with Gasteiger partial charge in [-0.15, -0.1) is 0 Å². The lowest BCUT2D eigenvalue weighted by atomic mass is 9.91. The first kappa shape index (κ1) is 13.0. The zero-order valence-electron chi connectivity index (χ0n) is 12.6. The van der Waals surface area contributed by atoms with Gasteiger partial charge in [0.05, 0.1) is 5.54 Å². The summed E-state index contributed by atoms with van der Waals surface area (Å²) in [4.78, 5) is 0. The normalized spacial score (nSPS) is 12.0. The smallest absolute Gasteiger partial charge is 0.0640 e. The van der Waals surface area contributed by atoms with E-state index in [0.717, 1.165) is 0 Å². The highest BCUT2D eigenvalue weighted by molar-refractivity contribution is 5.80. The molecule has 0 fully saturated rings. The molecule has 0 N–H and O–H groups in total. The van der Waals surface area contributed by atoms with Gasteiger partial charge in [0.15, 0.2) is 0 Å². The molecule has 0 saturated carbocycles. The van der Waals surface area contributed by atoms with Gasteiger partial charge in [-0.05, 0) is 50.8 Å². The fraction of sp³-hybridized carbons (Fsp3) is 0.263. The molecule has 1 heteroatoms. The minimum Gasteiger partial charge on any atom is -0.338 e. The van der Waals surface area contributed by atoms with Crippen LogP contribution in [-0.4, -0.2) is 4.57 Å². The molecule has 1 heterocycles. The van der Waals surface area contributed by atoms with Gasteiger partial charge in [-0.1, -0.05) is 47.5 Å². The molecule has 0 spiro atoms. The molecule has 20 heavy (non-hydrogen) atoms. The third-order valence-corrected chi connectivity index (χ3v) is 4.13. The van der Waals surface area contributed by atoms with Crippen LogP contribution in [0.1, 0.15) is 30.5 Å². The first-order valence-electron chi connectivity index (χ1n) is 7.14. The van der Waals surface area contributed by atoms with E-state index in [9.17, 15) is 0 Å². The van der Waals surface area contributed by atoms with Crippen molar-refractivity contribution in [3.63, 3.8) is 0 Å². The van der Waals surface area contributed by atoms with Crippen LogP contribution in [0, 0.1) is 13.8 Å². The Kier molecular flexibility index (Phi) is 2.93. The molecular formula is C19H21N. The number of hydrogen-bond acceptors (Lipinski definition) is 0. The Hall–Kier alpha value is -2.02. The van der Waals surface area contributed by atoms with Crippen LogP contribution >= 0.6 is 0 Å². The summed E-state index contributed by atoms with van der Waals surface area (Å²) >= 11 is 0. The molecular weight excluding hydrogens is 242 g/mol.